The molecule has 4 nitrogen and oxygen atoms in total. The zero-order valence-electron chi connectivity index (χ0n) is 11.9. The number of aromatic hydroxyl groups is 1. The minimum absolute atomic E-state index is 0.0894. The Labute approximate surface area is 114 Å². The van der Waals surface area contributed by atoms with E-state index in [0.717, 1.165) is 36.2 Å². The Bertz CT molecular complexity index is 446. The molecule has 2 rings (SSSR count). The van der Waals surface area contributed by atoms with Crippen molar-refractivity contribution < 1.29 is 10.2 Å². The van der Waals surface area contributed by atoms with Crippen LogP contribution in [0.1, 0.15) is 44.4 Å². The third kappa shape index (κ3) is 2.85. The average molecular weight is 264 g/mol. The number of phenolic OH excluding ortho intramolecular Hbond substituents is 1. The second-order valence-electron chi connectivity index (χ2n) is 5.47. The van der Waals surface area contributed by atoms with Crippen LogP contribution in [0.4, 0.5) is 5.69 Å². The first-order valence-electron chi connectivity index (χ1n) is 7.07. The van der Waals surface area contributed by atoms with E-state index in [1.165, 1.54) is 0 Å². The molecule has 0 radical (unpaired) electrons. The predicted molar refractivity (Wildman–Crippen MR) is 77.6 cm³/mol. The van der Waals surface area contributed by atoms with Gasteiger partial charge in [-0.1, -0.05) is 19.9 Å². The standard InChI is InChI=1S/C15H24N2O2/c1-4-16-14-10-5-7-12(17-9(2)3)15(19)11(10)6-8-13(14)18/h6,8-9,12,15-19H,4-5,7H2,1-3H3/t12-,15-/m0/s1. The van der Waals surface area contributed by atoms with E-state index in [1.807, 2.05) is 13.0 Å². The summed E-state index contributed by atoms with van der Waals surface area (Å²) in [5, 5.41) is 27.0. The average Bonchev–Trinajstić information content (AvgIpc) is 2.36. The molecule has 0 spiro atoms. The Hall–Kier alpha value is -1.26. The molecule has 1 aliphatic rings. The van der Waals surface area contributed by atoms with E-state index in [2.05, 4.69) is 24.5 Å². The molecule has 1 aromatic carbocycles. The van der Waals surface area contributed by atoms with Gasteiger partial charge in [0, 0.05) is 18.6 Å². The summed E-state index contributed by atoms with van der Waals surface area (Å²) in [6.07, 6.45) is 1.24. The summed E-state index contributed by atoms with van der Waals surface area (Å²) >= 11 is 0. The highest BCUT2D eigenvalue weighted by molar-refractivity contribution is 5.65. The number of aliphatic hydroxyl groups is 1. The number of nitrogens with one attached hydrogen (secondary N) is 2. The zero-order valence-corrected chi connectivity index (χ0v) is 11.9. The Kier molecular flexibility index (Phi) is 4.32. The van der Waals surface area contributed by atoms with Gasteiger partial charge in [-0.3, -0.25) is 0 Å². The lowest BCUT2D eigenvalue weighted by molar-refractivity contribution is 0.110. The Morgan fingerprint density at radius 1 is 1.37 bits per heavy atom. The summed E-state index contributed by atoms with van der Waals surface area (Å²) < 4.78 is 0. The molecular formula is C15H24N2O2. The molecule has 19 heavy (non-hydrogen) atoms. The highest BCUT2D eigenvalue weighted by Gasteiger charge is 2.30. The van der Waals surface area contributed by atoms with Crippen molar-refractivity contribution in [3.8, 4) is 5.75 Å². The van der Waals surface area contributed by atoms with Gasteiger partial charge in [-0.2, -0.15) is 0 Å². The fraction of sp³-hybridized carbons (Fsp3) is 0.600. The quantitative estimate of drug-likeness (QED) is 0.629. The number of anilines is 1. The van der Waals surface area contributed by atoms with E-state index >= 15 is 0 Å². The normalized spacial score (nSPS) is 22.4. The molecule has 0 aliphatic heterocycles. The van der Waals surface area contributed by atoms with E-state index in [0.29, 0.717) is 6.04 Å². The lowest BCUT2D eigenvalue weighted by atomic mass is 9.84. The summed E-state index contributed by atoms with van der Waals surface area (Å²) in [7, 11) is 0. The van der Waals surface area contributed by atoms with Crippen LogP contribution in [0.15, 0.2) is 12.1 Å². The van der Waals surface area contributed by atoms with Gasteiger partial charge >= 0.3 is 0 Å². The second-order valence-corrected chi connectivity index (χ2v) is 5.47. The first kappa shape index (κ1) is 14.2. The van der Waals surface area contributed by atoms with Crippen molar-refractivity contribution >= 4 is 5.69 Å². The molecular weight excluding hydrogens is 240 g/mol. The third-order valence-corrected chi connectivity index (χ3v) is 3.63. The highest BCUT2D eigenvalue weighted by Crippen LogP contribution is 2.39. The van der Waals surface area contributed by atoms with Crippen molar-refractivity contribution in [3.63, 3.8) is 0 Å². The molecule has 4 heteroatoms. The van der Waals surface area contributed by atoms with Gasteiger partial charge in [-0.25, -0.2) is 0 Å². The van der Waals surface area contributed by atoms with Crippen molar-refractivity contribution in [3.05, 3.63) is 23.3 Å². The maximum Gasteiger partial charge on any atom is 0.138 e. The maximum absolute atomic E-state index is 10.5. The number of hydrogen-bond acceptors (Lipinski definition) is 4. The van der Waals surface area contributed by atoms with Gasteiger partial charge in [-0.05, 0) is 37.0 Å². The summed E-state index contributed by atoms with van der Waals surface area (Å²) in [6, 6.07) is 3.94. The van der Waals surface area contributed by atoms with Crippen LogP contribution in [-0.2, 0) is 6.42 Å². The highest BCUT2D eigenvalue weighted by atomic mass is 16.3. The fourth-order valence-corrected chi connectivity index (χ4v) is 2.85. The molecule has 0 heterocycles. The molecule has 1 aromatic rings. The van der Waals surface area contributed by atoms with Crippen LogP contribution >= 0.6 is 0 Å². The van der Waals surface area contributed by atoms with Crippen LogP contribution in [0.2, 0.25) is 0 Å². The topological polar surface area (TPSA) is 64.5 Å². The largest absolute Gasteiger partial charge is 0.506 e. The molecule has 0 fully saturated rings. The minimum Gasteiger partial charge on any atom is -0.506 e. The Morgan fingerprint density at radius 3 is 2.74 bits per heavy atom. The van der Waals surface area contributed by atoms with Gasteiger partial charge in [0.05, 0.1) is 11.8 Å². The summed E-state index contributed by atoms with van der Waals surface area (Å²) in [4.78, 5) is 0. The number of hydrogen-bond donors (Lipinski definition) is 4. The van der Waals surface area contributed by atoms with E-state index in [1.54, 1.807) is 6.07 Å². The van der Waals surface area contributed by atoms with Crippen molar-refractivity contribution in [2.45, 2.75) is 51.8 Å². The first-order chi connectivity index (χ1) is 9.04. The van der Waals surface area contributed by atoms with Crippen LogP contribution in [0.25, 0.3) is 0 Å². The van der Waals surface area contributed by atoms with Gasteiger partial charge in [-0.15, -0.1) is 0 Å². The lowest BCUT2D eigenvalue weighted by Crippen LogP contribution is -2.42. The number of fused-ring (bicyclic) bond motifs is 1. The molecule has 0 saturated heterocycles. The van der Waals surface area contributed by atoms with E-state index < -0.39 is 6.10 Å². The fourth-order valence-electron chi connectivity index (χ4n) is 2.85. The predicted octanol–water partition coefficient (Wildman–Crippen LogP) is 2.17. The zero-order chi connectivity index (χ0) is 14.0. The molecule has 4 N–H and O–H groups in total. The van der Waals surface area contributed by atoms with Crippen molar-refractivity contribution in [2.75, 3.05) is 11.9 Å². The molecule has 2 atom stereocenters. The SMILES string of the molecule is CCNc1c(O)ccc2c1CC[C@H](NC(C)C)[C@H]2O. The summed E-state index contributed by atoms with van der Waals surface area (Å²) in [5.41, 5.74) is 2.76. The van der Waals surface area contributed by atoms with E-state index in [4.69, 9.17) is 0 Å². The lowest BCUT2D eigenvalue weighted by Gasteiger charge is -2.33. The second kappa shape index (κ2) is 5.80. The molecule has 0 saturated carbocycles. The molecule has 0 aromatic heterocycles. The van der Waals surface area contributed by atoms with Crippen LogP contribution < -0.4 is 10.6 Å². The van der Waals surface area contributed by atoms with Crippen molar-refractivity contribution in [1.29, 1.82) is 0 Å². The number of rotatable bonds is 4. The maximum atomic E-state index is 10.5. The molecule has 0 bridgehead atoms. The number of benzene rings is 1. The van der Waals surface area contributed by atoms with Gasteiger partial charge in [0.2, 0.25) is 0 Å². The first-order valence-corrected chi connectivity index (χ1v) is 7.07. The molecule has 0 unspecified atom stereocenters. The monoisotopic (exact) mass is 264 g/mol. The minimum atomic E-state index is -0.510. The molecule has 0 amide bonds. The third-order valence-electron chi connectivity index (χ3n) is 3.63. The van der Waals surface area contributed by atoms with Gasteiger partial charge in [0.1, 0.15) is 5.75 Å². The summed E-state index contributed by atoms with van der Waals surface area (Å²) in [5.74, 6) is 0.267. The Balaban J connectivity index is 2.32. The molecule has 106 valence electrons. The van der Waals surface area contributed by atoms with E-state index in [9.17, 15) is 10.2 Å². The van der Waals surface area contributed by atoms with E-state index in [-0.39, 0.29) is 11.8 Å². The summed E-state index contributed by atoms with van der Waals surface area (Å²) in [6.45, 7) is 6.93. The number of aliphatic hydroxyl groups excluding tert-OH is 1. The van der Waals surface area contributed by atoms with Crippen molar-refractivity contribution in [2.24, 2.45) is 0 Å². The van der Waals surface area contributed by atoms with Crippen LogP contribution in [0.5, 0.6) is 5.75 Å². The van der Waals surface area contributed by atoms with Crippen molar-refractivity contribution in [1.82, 2.24) is 5.32 Å². The van der Waals surface area contributed by atoms with Crippen LogP contribution in [-0.4, -0.2) is 28.8 Å². The van der Waals surface area contributed by atoms with Crippen LogP contribution in [0, 0.1) is 0 Å². The van der Waals surface area contributed by atoms with Crippen LogP contribution in [0.3, 0.4) is 0 Å². The smallest absolute Gasteiger partial charge is 0.138 e. The van der Waals surface area contributed by atoms with Gasteiger partial charge in [0.25, 0.3) is 0 Å². The van der Waals surface area contributed by atoms with Gasteiger partial charge in [0.15, 0.2) is 0 Å². The Morgan fingerprint density at radius 2 is 2.11 bits per heavy atom. The van der Waals surface area contributed by atoms with Gasteiger partial charge < -0.3 is 20.8 Å². The number of phenols is 1. The molecule has 1 aliphatic carbocycles.